The highest BCUT2D eigenvalue weighted by Gasteiger charge is 2.28. The summed E-state index contributed by atoms with van der Waals surface area (Å²) in [6.07, 6.45) is 6.90. The molecule has 0 aromatic carbocycles. The van der Waals surface area contributed by atoms with Crippen LogP contribution in [0.5, 0.6) is 0 Å². The zero-order valence-electron chi connectivity index (χ0n) is 11.8. The fourth-order valence-electron chi connectivity index (χ4n) is 2.78. The van der Waals surface area contributed by atoms with Gasteiger partial charge in [0, 0.05) is 26.2 Å². The number of aromatic nitrogens is 2. The Hall–Kier alpha value is -0.880. The van der Waals surface area contributed by atoms with E-state index < -0.39 is 0 Å². The first-order valence-corrected chi connectivity index (χ1v) is 8.14. The van der Waals surface area contributed by atoms with Crippen molar-refractivity contribution in [2.45, 2.75) is 31.7 Å². The molecule has 1 aromatic rings. The van der Waals surface area contributed by atoms with Gasteiger partial charge in [-0.1, -0.05) is 0 Å². The molecule has 0 bridgehead atoms. The lowest BCUT2D eigenvalue weighted by atomic mass is 10.2. The first-order chi connectivity index (χ1) is 9.65. The quantitative estimate of drug-likeness (QED) is 0.882. The SMILES string of the molecule is Cn1ncc(N(CC2CC2)CC2CCCN2)c(Br)c1=O. The molecule has 1 aliphatic carbocycles. The van der Waals surface area contributed by atoms with Crippen LogP contribution in [0.2, 0.25) is 0 Å². The van der Waals surface area contributed by atoms with Gasteiger partial charge in [0.05, 0.1) is 11.9 Å². The van der Waals surface area contributed by atoms with Crippen molar-refractivity contribution in [2.24, 2.45) is 13.0 Å². The predicted octanol–water partition coefficient (Wildman–Crippen LogP) is 1.51. The molecule has 1 unspecified atom stereocenters. The molecule has 0 spiro atoms. The lowest BCUT2D eigenvalue weighted by Gasteiger charge is -2.28. The molecular weight excluding hydrogens is 320 g/mol. The third kappa shape index (κ3) is 3.06. The molecule has 3 rings (SSSR count). The van der Waals surface area contributed by atoms with Gasteiger partial charge in [-0.2, -0.15) is 5.10 Å². The summed E-state index contributed by atoms with van der Waals surface area (Å²) < 4.78 is 2.00. The van der Waals surface area contributed by atoms with E-state index in [0.717, 1.165) is 31.2 Å². The van der Waals surface area contributed by atoms with Gasteiger partial charge in [-0.25, -0.2) is 4.68 Å². The van der Waals surface area contributed by atoms with Crippen molar-refractivity contribution in [1.29, 1.82) is 0 Å². The highest BCUT2D eigenvalue weighted by Crippen LogP contribution is 2.33. The van der Waals surface area contributed by atoms with Crippen molar-refractivity contribution >= 4 is 21.6 Å². The summed E-state index contributed by atoms with van der Waals surface area (Å²) >= 11 is 3.46. The topological polar surface area (TPSA) is 50.2 Å². The number of aryl methyl sites for hydroxylation is 1. The first kappa shape index (κ1) is 14.1. The minimum absolute atomic E-state index is 0.0670. The van der Waals surface area contributed by atoms with Gasteiger partial charge in [-0.15, -0.1) is 0 Å². The summed E-state index contributed by atoms with van der Waals surface area (Å²) in [6.45, 7) is 3.10. The van der Waals surface area contributed by atoms with Gasteiger partial charge >= 0.3 is 0 Å². The molecule has 0 radical (unpaired) electrons. The number of anilines is 1. The van der Waals surface area contributed by atoms with Gasteiger partial charge in [0.15, 0.2) is 0 Å². The number of nitrogens with zero attached hydrogens (tertiary/aromatic N) is 3. The van der Waals surface area contributed by atoms with E-state index in [1.807, 2.05) is 6.20 Å². The normalized spacial score (nSPS) is 22.2. The second-order valence-corrected chi connectivity index (χ2v) is 6.71. The van der Waals surface area contributed by atoms with E-state index in [9.17, 15) is 4.79 Å². The minimum atomic E-state index is -0.0670. The Labute approximate surface area is 127 Å². The number of hydrogen-bond donors (Lipinski definition) is 1. The summed E-state index contributed by atoms with van der Waals surface area (Å²) in [5.74, 6) is 0.785. The fraction of sp³-hybridized carbons (Fsp3) is 0.714. The van der Waals surface area contributed by atoms with Crippen LogP contribution in [0.1, 0.15) is 25.7 Å². The van der Waals surface area contributed by atoms with Crippen molar-refractivity contribution in [3.8, 4) is 0 Å². The van der Waals surface area contributed by atoms with E-state index in [4.69, 9.17) is 0 Å². The largest absolute Gasteiger partial charge is 0.367 e. The Kier molecular flexibility index (Phi) is 4.12. The lowest BCUT2D eigenvalue weighted by molar-refractivity contribution is 0.567. The molecule has 1 saturated heterocycles. The monoisotopic (exact) mass is 340 g/mol. The van der Waals surface area contributed by atoms with Gasteiger partial charge in [-0.3, -0.25) is 4.79 Å². The van der Waals surface area contributed by atoms with Crippen LogP contribution in [-0.4, -0.2) is 35.5 Å². The van der Waals surface area contributed by atoms with E-state index in [1.54, 1.807) is 7.05 Å². The van der Waals surface area contributed by atoms with Crippen molar-refractivity contribution in [2.75, 3.05) is 24.5 Å². The Balaban J connectivity index is 1.83. The van der Waals surface area contributed by atoms with Gasteiger partial charge < -0.3 is 10.2 Å². The Morgan fingerprint density at radius 3 is 2.90 bits per heavy atom. The van der Waals surface area contributed by atoms with Crippen LogP contribution < -0.4 is 15.8 Å². The van der Waals surface area contributed by atoms with E-state index >= 15 is 0 Å². The van der Waals surface area contributed by atoms with Gasteiger partial charge in [0.1, 0.15) is 4.47 Å². The third-order valence-corrected chi connectivity index (χ3v) is 4.92. The summed E-state index contributed by atoms with van der Waals surface area (Å²) in [6, 6.07) is 0.532. The van der Waals surface area contributed by atoms with Gasteiger partial charge in [0.2, 0.25) is 0 Å². The Bertz CT molecular complexity index is 534. The maximum absolute atomic E-state index is 12.0. The summed E-state index contributed by atoms with van der Waals surface area (Å²) in [4.78, 5) is 14.4. The number of rotatable bonds is 5. The molecule has 20 heavy (non-hydrogen) atoms. The molecule has 1 N–H and O–H groups in total. The minimum Gasteiger partial charge on any atom is -0.367 e. The fourth-order valence-corrected chi connectivity index (χ4v) is 3.39. The highest BCUT2D eigenvalue weighted by atomic mass is 79.9. The van der Waals surface area contributed by atoms with Crippen molar-refractivity contribution in [3.05, 3.63) is 21.0 Å². The van der Waals surface area contributed by atoms with Gasteiger partial charge in [0.25, 0.3) is 5.56 Å². The zero-order chi connectivity index (χ0) is 14.1. The van der Waals surface area contributed by atoms with Crippen LogP contribution in [0, 0.1) is 5.92 Å². The van der Waals surface area contributed by atoms with Crippen LogP contribution in [0.4, 0.5) is 5.69 Å². The lowest BCUT2D eigenvalue weighted by Crippen LogP contribution is -2.40. The van der Waals surface area contributed by atoms with Crippen LogP contribution in [-0.2, 0) is 7.05 Å². The van der Waals surface area contributed by atoms with E-state index in [1.165, 1.54) is 30.4 Å². The van der Waals surface area contributed by atoms with Crippen LogP contribution in [0.25, 0.3) is 0 Å². The van der Waals surface area contributed by atoms with Crippen molar-refractivity contribution < 1.29 is 0 Å². The molecule has 1 aliphatic heterocycles. The molecule has 1 aromatic heterocycles. The molecule has 5 nitrogen and oxygen atoms in total. The first-order valence-electron chi connectivity index (χ1n) is 7.35. The summed E-state index contributed by atoms with van der Waals surface area (Å²) in [5, 5.41) is 7.71. The Morgan fingerprint density at radius 2 is 2.25 bits per heavy atom. The van der Waals surface area contributed by atoms with Gasteiger partial charge in [-0.05, 0) is 54.1 Å². The smallest absolute Gasteiger partial charge is 0.282 e. The maximum atomic E-state index is 12.0. The molecular formula is C14H21BrN4O. The molecule has 1 saturated carbocycles. The van der Waals surface area contributed by atoms with Crippen LogP contribution in [0.3, 0.4) is 0 Å². The zero-order valence-corrected chi connectivity index (χ0v) is 13.4. The van der Waals surface area contributed by atoms with Crippen molar-refractivity contribution in [3.63, 3.8) is 0 Å². The van der Waals surface area contributed by atoms with E-state index in [2.05, 4.69) is 31.2 Å². The van der Waals surface area contributed by atoms with E-state index in [0.29, 0.717) is 10.5 Å². The molecule has 0 amide bonds. The number of halogens is 1. The standard InChI is InChI=1S/C14H21BrN4O/c1-18-14(20)13(15)12(7-17-18)19(8-10-4-5-10)9-11-3-2-6-16-11/h7,10-11,16H,2-6,8-9H2,1H3. The molecule has 110 valence electrons. The molecule has 2 fully saturated rings. The summed E-state index contributed by atoms with van der Waals surface area (Å²) in [5.41, 5.74) is 0.872. The highest BCUT2D eigenvalue weighted by molar-refractivity contribution is 9.10. The molecule has 2 aliphatic rings. The second kappa shape index (κ2) is 5.85. The number of hydrogen-bond acceptors (Lipinski definition) is 4. The average Bonchev–Trinajstić information content (AvgIpc) is 3.09. The Morgan fingerprint density at radius 1 is 1.45 bits per heavy atom. The van der Waals surface area contributed by atoms with Crippen molar-refractivity contribution in [1.82, 2.24) is 15.1 Å². The molecule has 2 heterocycles. The molecule has 6 heteroatoms. The maximum Gasteiger partial charge on any atom is 0.282 e. The number of nitrogens with one attached hydrogen (secondary N) is 1. The van der Waals surface area contributed by atoms with Crippen LogP contribution in [0.15, 0.2) is 15.5 Å². The second-order valence-electron chi connectivity index (χ2n) is 5.91. The third-order valence-electron chi connectivity index (χ3n) is 4.18. The molecule has 1 atom stereocenters. The summed E-state index contributed by atoms with van der Waals surface area (Å²) in [7, 11) is 1.68. The van der Waals surface area contributed by atoms with Crippen LogP contribution >= 0.6 is 15.9 Å². The van der Waals surface area contributed by atoms with E-state index in [-0.39, 0.29) is 5.56 Å². The average molecular weight is 341 g/mol. The predicted molar refractivity (Wildman–Crippen MR) is 83.1 cm³/mol.